The van der Waals surface area contributed by atoms with Crippen molar-refractivity contribution in [2.75, 3.05) is 11.9 Å². The predicted molar refractivity (Wildman–Crippen MR) is 72.0 cm³/mol. The molecule has 0 bridgehead atoms. The maximum atomic E-state index is 5.52. The van der Waals surface area contributed by atoms with E-state index in [-0.39, 0.29) is 0 Å². The van der Waals surface area contributed by atoms with Crippen LogP contribution in [0.4, 0.5) is 5.82 Å². The number of rotatable bonds is 2. The predicted octanol–water partition coefficient (Wildman–Crippen LogP) is 2.73. The highest BCUT2D eigenvalue weighted by Gasteiger charge is 2.23. The lowest BCUT2D eigenvalue weighted by Crippen LogP contribution is -2.27. The van der Waals surface area contributed by atoms with Crippen LogP contribution in [0.3, 0.4) is 0 Å². The van der Waals surface area contributed by atoms with Crippen molar-refractivity contribution >= 4 is 27.4 Å². The zero-order valence-corrected chi connectivity index (χ0v) is 10.9. The first-order chi connectivity index (χ1) is 8.92. The van der Waals surface area contributed by atoms with Crippen LogP contribution in [0.15, 0.2) is 6.33 Å². The molecule has 18 heavy (non-hydrogen) atoms. The van der Waals surface area contributed by atoms with Gasteiger partial charge in [0, 0.05) is 10.9 Å². The van der Waals surface area contributed by atoms with Crippen LogP contribution in [0, 0.1) is 0 Å². The molecule has 2 aromatic heterocycles. The van der Waals surface area contributed by atoms with Gasteiger partial charge in [0.2, 0.25) is 0 Å². The third-order valence-electron chi connectivity index (χ3n) is 3.85. The Bertz CT molecular complexity index is 591. The molecule has 2 aromatic rings. The third-order valence-corrected chi connectivity index (χ3v) is 4.96. The van der Waals surface area contributed by atoms with E-state index in [2.05, 4.69) is 15.3 Å². The number of thiophene rings is 1. The van der Waals surface area contributed by atoms with Crippen LogP contribution in [-0.2, 0) is 17.8 Å². The standard InChI is InChI=1S/C13H15N3OS/c1-2-8(3-1)16-12-11-9-4-5-17-6-10(9)18-13(11)15-7-14-12/h7-8H,1-6H2,(H,14,15,16). The van der Waals surface area contributed by atoms with Gasteiger partial charge in [0.05, 0.1) is 18.6 Å². The van der Waals surface area contributed by atoms with Gasteiger partial charge in [-0.25, -0.2) is 9.97 Å². The smallest absolute Gasteiger partial charge is 0.138 e. The largest absolute Gasteiger partial charge is 0.376 e. The maximum absolute atomic E-state index is 5.52. The van der Waals surface area contributed by atoms with Crippen LogP contribution in [0.25, 0.3) is 10.2 Å². The van der Waals surface area contributed by atoms with Gasteiger partial charge in [0.15, 0.2) is 0 Å². The molecule has 94 valence electrons. The summed E-state index contributed by atoms with van der Waals surface area (Å²) < 4.78 is 5.52. The second-order valence-electron chi connectivity index (χ2n) is 4.98. The minimum atomic E-state index is 0.610. The summed E-state index contributed by atoms with van der Waals surface area (Å²) in [6, 6.07) is 0.610. The SMILES string of the molecule is c1nc(NC2CCC2)c2c3c(sc2n1)COCC3. The number of hydrogen-bond acceptors (Lipinski definition) is 5. The molecule has 1 saturated carbocycles. The number of ether oxygens (including phenoxy) is 1. The topological polar surface area (TPSA) is 47.0 Å². The van der Waals surface area contributed by atoms with Crippen molar-refractivity contribution in [3.8, 4) is 0 Å². The molecule has 2 aliphatic rings. The van der Waals surface area contributed by atoms with Gasteiger partial charge in [-0.15, -0.1) is 11.3 Å². The Morgan fingerprint density at radius 1 is 1.33 bits per heavy atom. The van der Waals surface area contributed by atoms with Gasteiger partial charge in [-0.1, -0.05) is 0 Å². The minimum Gasteiger partial charge on any atom is -0.376 e. The summed E-state index contributed by atoms with van der Waals surface area (Å²) in [7, 11) is 0. The van der Waals surface area contributed by atoms with E-state index in [9.17, 15) is 0 Å². The fourth-order valence-corrected chi connectivity index (χ4v) is 3.74. The number of fused-ring (bicyclic) bond motifs is 3. The minimum absolute atomic E-state index is 0.610. The Labute approximate surface area is 109 Å². The molecule has 1 aliphatic carbocycles. The fourth-order valence-electron chi connectivity index (χ4n) is 2.61. The van der Waals surface area contributed by atoms with Gasteiger partial charge >= 0.3 is 0 Å². The molecule has 3 heterocycles. The van der Waals surface area contributed by atoms with Crippen molar-refractivity contribution in [1.82, 2.24) is 9.97 Å². The second kappa shape index (κ2) is 4.17. The molecule has 4 rings (SSSR count). The number of hydrogen-bond donors (Lipinski definition) is 1. The number of nitrogens with zero attached hydrogens (tertiary/aromatic N) is 2. The Morgan fingerprint density at radius 3 is 3.11 bits per heavy atom. The number of aromatic nitrogens is 2. The van der Waals surface area contributed by atoms with E-state index in [1.54, 1.807) is 17.7 Å². The highest BCUT2D eigenvalue weighted by molar-refractivity contribution is 7.18. The van der Waals surface area contributed by atoms with Crippen LogP contribution in [-0.4, -0.2) is 22.6 Å². The maximum Gasteiger partial charge on any atom is 0.138 e. The summed E-state index contributed by atoms with van der Waals surface area (Å²) in [5.41, 5.74) is 1.41. The van der Waals surface area contributed by atoms with E-state index >= 15 is 0 Å². The van der Waals surface area contributed by atoms with Gasteiger partial charge < -0.3 is 10.1 Å². The van der Waals surface area contributed by atoms with Gasteiger partial charge in [0.1, 0.15) is 17.0 Å². The average molecular weight is 261 g/mol. The van der Waals surface area contributed by atoms with E-state index in [1.807, 2.05) is 0 Å². The van der Waals surface area contributed by atoms with Gasteiger partial charge in [-0.2, -0.15) is 0 Å². The summed E-state index contributed by atoms with van der Waals surface area (Å²) >= 11 is 1.75. The summed E-state index contributed by atoms with van der Waals surface area (Å²) in [6.45, 7) is 1.55. The quantitative estimate of drug-likeness (QED) is 0.903. The monoisotopic (exact) mass is 261 g/mol. The number of nitrogens with one attached hydrogen (secondary N) is 1. The van der Waals surface area contributed by atoms with Crippen LogP contribution in [0.5, 0.6) is 0 Å². The summed E-state index contributed by atoms with van der Waals surface area (Å²) in [6.07, 6.45) is 6.53. The Kier molecular flexibility index (Phi) is 2.48. The first kappa shape index (κ1) is 10.7. The third kappa shape index (κ3) is 1.61. The molecule has 1 aliphatic heterocycles. The van der Waals surface area contributed by atoms with Crippen LogP contribution >= 0.6 is 11.3 Å². The second-order valence-corrected chi connectivity index (χ2v) is 6.06. The average Bonchev–Trinajstić information content (AvgIpc) is 2.73. The lowest BCUT2D eigenvalue weighted by Gasteiger charge is -2.27. The van der Waals surface area contributed by atoms with Crippen LogP contribution < -0.4 is 5.32 Å². The van der Waals surface area contributed by atoms with E-state index in [0.717, 1.165) is 30.3 Å². The summed E-state index contributed by atoms with van der Waals surface area (Å²) in [5.74, 6) is 1.03. The molecule has 0 radical (unpaired) electrons. The van der Waals surface area contributed by atoms with E-state index < -0.39 is 0 Å². The lowest BCUT2D eigenvalue weighted by atomic mass is 9.93. The summed E-state index contributed by atoms with van der Waals surface area (Å²) in [5, 5.41) is 4.82. The van der Waals surface area contributed by atoms with Crippen molar-refractivity contribution in [1.29, 1.82) is 0 Å². The molecule has 0 spiro atoms. The van der Waals surface area contributed by atoms with Crippen molar-refractivity contribution < 1.29 is 4.74 Å². The molecule has 0 unspecified atom stereocenters. The molecule has 1 N–H and O–H groups in total. The highest BCUT2D eigenvalue weighted by Crippen LogP contribution is 2.37. The first-order valence-electron chi connectivity index (χ1n) is 6.51. The van der Waals surface area contributed by atoms with Crippen LogP contribution in [0.2, 0.25) is 0 Å². The molecule has 0 atom stereocenters. The Hall–Kier alpha value is -1.20. The van der Waals surface area contributed by atoms with E-state index in [4.69, 9.17) is 4.74 Å². The Morgan fingerprint density at radius 2 is 2.28 bits per heavy atom. The molecule has 0 saturated heterocycles. The van der Waals surface area contributed by atoms with E-state index in [1.165, 1.54) is 35.1 Å². The molecular weight excluding hydrogens is 246 g/mol. The summed E-state index contributed by atoms with van der Waals surface area (Å²) in [4.78, 5) is 11.3. The van der Waals surface area contributed by atoms with Crippen molar-refractivity contribution in [3.63, 3.8) is 0 Å². The first-order valence-corrected chi connectivity index (χ1v) is 7.33. The van der Waals surface area contributed by atoms with Gasteiger partial charge in [-0.3, -0.25) is 0 Å². The van der Waals surface area contributed by atoms with Crippen molar-refractivity contribution in [2.45, 2.75) is 38.3 Å². The lowest BCUT2D eigenvalue weighted by molar-refractivity contribution is 0.114. The zero-order chi connectivity index (χ0) is 11.9. The normalized spacial score (nSPS) is 19.6. The Balaban J connectivity index is 1.83. The molecule has 0 amide bonds. The van der Waals surface area contributed by atoms with Gasteiger partial charge in [-0.05, 0) is 31.2 Å². The van der Waals surface area contributed by atoms with E-state index in [0.29, 0.717) is 6.04 Å². The van der Waals surface area contributed by atoms with Crippen molar-refractivity contribution in [3.05, 3.63) is 16.8 Å². The molecule has 1 fully saturated rings. The molecule has 5 heteroatoms. The molecule has 0 aromatic carbocycles. The number of anilines is 1. The van der Waals surface area contributed by atoms with Gasteiger partial charge in [0.25, 0.3) is 0 Å². The molecular formula is C13H15N3OS. The fraction of sp³-hybridized carbons (Fsp3) is 0.538. The zero-order valence-electron chi connectivity index (χ0n) is 10.1. The van der Waals surface area contributed by atoms with Crippen molar-refractivity contribution in [2.24, 2.45) is 0 Å². The van der Waals surface area contributed by atoms with Crippen LogP contribution in [0.1, 0.15) is 29.7 Å². The molecule has 4 nitrogen and oxygen atoms in total. The highest BCUT2D eigenvalue weighted by atomic mass is 32.1.